The quantitative estimate of drug-likeness (QED) is 0.660. The summed E-state index contributed by atoms with van der Waals surface area (Å²) in [4.78, 5) is 8.72. The largest absolute Gasteiger partial charge is 0.253 e. The molecule has 1 heterocycles. The lowest BCUT2D eigenvalue weighted by atomic mass is 10.1. The molecule has 0 amide bonds. The van der Waals surface area contributed by atoms with Crippen LogP contribution >= 0.6 is 0 Å². The predicted molar refractivity (Wildman–Crippen MR) is 53.7 cm³/mol. The van der Waals surface area contributed by atoms with Crippen LogP contribution in [0.1, 0.15) is 18.2 Å². The number of nitrogens with zero attached hydrogens (tertiary/aromatic N) is 2. The smallest absolute Gasteiger partial charge is 0.0890 e. The van der Waals surface area contributed by atoms with Gasteiger partial charge in [-0.1, -0.05) is 13.0 Å². The molecule has 0 N–H and O–H groups in total. The van der Waals surface area contributed by atoms with Gasteiger partial charge in [0.15, 0.2) is 0 Å². The Balaban J connectivity index is 2.66. The van der Waals surface area contributed by atoms with Crippen LogP contribution in [-0.2, 0) is 6.42 Å². The van der Waals surface area contributed by atoms with Crippen LogP contribution in [0.25, 0.3) is 11.0 Å². The summed E-state index contributed by atoms with van der Waals surface area (Å²) in [5.74, 6) is 0. The molecule has 0 radical (unpaired) electrons. The Morgan fingerprint density at radius 3 is 2.85 bits per heavy atom. The van der Waals surface area contributed by atoms with Crippen LogP contribution in [0.5, 0.6) is 0 Å². The maximum Gasteiger partial charge on any atom is 0.0890 e. The van der Waals surface area contributed by atoms with Gasteiger partial charge in [-0.3, -0.25) is 4.98 Å². The fraction of sp³-hybridized carbons (Fsp3) is 0.273. The Morgan fingerprint density at radius 1 is 1.23 bits per heavy atom. The molecule has 0 aliphatic rings. The molecule has 0 atom stereocenters. The third-order valence-electron chi connectivity index (χ3n) is 2.14. The average molecular weight is 172 g/mol. The van der Waals surface area contributed by atoms with Gasteiger partial charge in [0.2, 0.25) is 0 Å². The Hall–Kier alpha value is -1.44. The third-order valence-corrected chi connectivity index (χ3v) is 2.14. The van der Waals surface area contributed by atoms with Crippen molar-refractivity contribution in [1.29, 1.82) is 0 Å². The van der Waals surface area contributed by atoms with Crippen molar-refractivity contribution in [3.05, 3.63) is 35.7 Å². The highest BCUT2D eigenvalue weighted by molar-refractivity contribution is 5.74. The molecule has 0 saturated heterocycles. The molecule has 66 valence electrons. The van der Waals surface area contributed by atoms with Gasteiger partial charge in [-0.15, -0.1) is 0 Å². The number of rotatable bonds is 1. The molecule has 2 nitrogen and oxygen atoms in total. The summed E-state index contributed by atoms with van der Waals surface area (Å²) in [5, 5.41) is 0. The van der Waals surface area contributed by atoms with E-state index in [0.717, 1.165) is 23.1 Å². The summed E-state index contributed by atoms with van der Waals surface area (Å²) in [5.41, 5.74) is 4.25. The van der Waals surface area contributed by atoms with E-state index in [1.165, 1.54) is 5.56 Å². The molecule has 0 fully saturated rings. The first kappa shape index (κ1) is 8.17. The molecule has 1 aromatic carbocycles. The standard InChI is InChI=1S/C11H12N2/c1-3-9-4-5-10-11(6-9)12-7-8(2)13-10/h4-7H,3H2,1-2H3. The van der Waals surface area contributed by atoms with Gasteiger partial charge in [0.05, 0.1) is 16.7 Å². The highest BCUT2D eigenvalue weighted by atomic mass is 14.8. The van der Waals surface area contributed by atoms with E-state index in [0.29, 0.717) is 0 Å². The number of aromatic nitrogens is 2. The number of fused-ring (bicyclic) bond motifs is 1. The lowest BCUT2D eigenvalue weighted by Crippen LogP contribution is -1.88. The maximum atomic E-state index is 4.39. The summed E-state index contributed by atoms with van der Waals surface area (Å²) in [6, 6.07) is 6.24. The van der Waals surface area contributed by atoms with Gasteiger partial charge in [-0.2, -0.15) is 0 Å². The van der Waals surface area contributed by atoms with E-state index in [1.807, 2.05) is 19.2 Å². The predicted octanol–water partition coefficient (Wildman–Crippen LogP) is 2.50. The van der Waals surface area contributed by atoms with E-state index in [-0.39, 0.29) is 0 Å². The van der Waals surface area contributed by atoms with Crippen LogP contribution < -0.4 is 0 Å². The van der Waals surface area contributed by atoms with Gasteiger partial charge in [0.1, 0.15) is 0 Å². The molecule has 0 bridgehead atoms. The molecule has 1 aromatic heterocycles. The van der Waals surface area contributed by atoms with Crippen molar-refractivity contribution in [2.75, 3.05) is 0 Å². The summed E-state index contributed by atoms with van der Waals surface area (Å²) in [6.07, 6.45) is 2.85. The van der Waals surface area contributed by atoms with Crippen molar-refractivity contribution < 1.29 is 0 Å². The first-order valence-electron chi connectivity index (χ1n) is 4.52. The topological polar surface area (TPSA) is 25.8 Å². The number of hydrogen-bond acceptors (Lipinski definition) is 2. The SMILES string of the molecule is CCc1ccc2nc(C)cnc2c1. The van der Waals surface area contributed by atoms with Crippen LogP contribution in [0, 0.1) is 6.92 Å². The molecule has 2 heteroatoms. The van der Waals surface area contributed by atoms with Gasteiger partial charge in [0, 0.05) is 6.20 Å². The highest BCUT2D eigenvalue weighted by Gasteiger charge is 1.97. The van der Waals surface area contributed by atoms with Crippen LogP contribution in [0.4, 0.5) is 0 Å². The van der Waals surface area contributed by atoms with Gasteiger partial charge >= 0.3 is 0 Å². The van der Waals surface area contributed by atoms with Crippen LogP contribution in [0.15, 0.2) is 24.4 Å². The van der Waals surface area contributed by atoms with Crippen molar-refractivity contribution in [2.45, 2.75) is 20.3 Å². The summed E-state index contributed by atoms with van der Waals surface area (Å²) < 4.78 is 0. The molecule has 0 saturated carbocycles. The third kappa shape index (κ3) is 1.52. The Morgan fingerprint density at radius 2 is 2.08 bits per heavy atom. The van der Waals surface area contributed by atoms with Gasteiger partial charge < -0.3 is 0 Å². The minimum absolute atomic E-state index is 0.969. The van der Waals surface area contributed by atoms with Crippen LogP contribution in [0.3, 0.4) is 0 Å². The second-order valence-corrected chi connectivity index (χ2v) is 3.19. The zero-order valence-electron chi connectivity index (χ0n) is 7.91. The van der Waals surface area contributed by atoms with E-state index < -0.39 is 0 Å². The van der Waals surface area contributed by atoms with E-state index in [4.69, 9.17) is 0 Å². The molecule has 13 heavy (non-hydrogen) atoms. The van der Waals surface area contributed by atoms with E-state index >= 15 is 0 Å². The first-order chi connectivity index (χ1) is 6.29. The summed E-state index contributed by atoms with van der Waals surface area (Å²) in [6.45, 7) is 4.10. The molecular weight excluding hydrogens is 160 g/mol. The molecule has 0 aliphatic carbocycles. The lowest BCUT2D eigenvalue weighted by Gasteiger charge is -2.00. The van der Waals surface area contributed by atoms with E-state index in [1.54, 1.807) is 0 Å². The van der Waals surface area contributed by atoms with Gasteiger partial charge in [0.25, 0.3) is 0 Å². The van der Waals surface area contributed by atoms with Gasteiger partial charge in [-0.05, 0) is 31.0 Å². The zero-order valence-corrected chi connectivity index (χ0v) is 7.91. The zero-order chi connectivity index (χ0) is 9.26. The summed E-state index contributed by atoms with van der Waals surface area (Å²) >= 11 is 0. The van der Waals surface area contributed by atoms with Crippen molar-refractivity contribution in [2.24, 2.45) is 0 Å². The van der Waals surface area contributed by atoms with Crippen molar-refractivity contribution >= 4 is 11.0 Å². The van der Waals surface area contributed by atoms with Crippen LogP contribution in [-0.4, -0.2) is 9.97 Å². The molecule has 2 rings (SSSR count). The fourth-order valence-electron chi connectivity index (χ4n) is 1.37. The van der Waals surface area contributed by atoms with Crippen molar-refractivity contribution in [3.63, 3.8) is 0 Å². The van der Waals surface area contributed by atoms with E-state index in [2.05, 4.69) is 29.0 Å². The summed E-state index contributed by atoms with van der Waals surface area (Å²) in [7, 11) is 0. The fourth-order valence-corrected chi connectivity index (χ4v) is 1.37. The Bertz CT molecular complexity index is 435. The lowest BCUT2D eigenvalue weighted by molar-refractivity contribution is 1.13. The monoisotopic (exact) mass is 172 g/mol. The average Bonchev–Trinajstić information content (AvgIpc) is 2.17. The van der Waals surface area contributed by atoms with Crippen LogP contribution in [0.2, 0.25) is 0 Å². The molecule has 0 aliphatic heterocycles. The Kier molecular flexibility index (Phi) is 1.97. The van der Waals surface area contributed by atoms with E-state index in [9.17, 15) is 0 Å². The van der Waals surface area contributed by atoms with Crippen molar-refractivity contribution in [1.82, 2.24) is 9.97 Å². The van der Waals surface area contributed by atoms with Crippen molar-refractivity contribution in [3.8, 4) is 0 Å². The molecule has 0 spiro atoms. The minimum Gasteiger partial charge on any atom is -0.253 e. The number of aryl methyl sites for hydroxylation is 2. The minimum atomic E-state index is 0.969. The molecular formula is C11H12N2. The molecule has 0 unspecified atom stereocenters. The number of hydrogen-bond donors (Lipinski definition) is 0. The molecule has 2 aromatic rings. The van der Waals surface area contributed by atoms with Gasteiger partial charge in [-0.25, -0.2) is 4.98 Å². The first-order valence-corrected chi connectivity index (χ1v) is 4.52. The second kappa shape index (κ2) is 3.13. The maximum absolute atomic E-state index is 4.39. The normalized spacial score (nSPS) is 10.6. The highest BCUT2D eigenvalue weighted by Crippen LogP contribution is 2.12. The number of benzene rings is 1. The second-order valence-electron chi connectivity index (χ2n) is 3.19. The Labute approximate surface area is 77.6 Å².